The Morgan fingerprint density at radius 3 is 2.72 bits per heavy atom. The Labute approximate surface area is 143 Å². The second-order valence-electron chi connectivity index (χ2n) is 5.32. The minimum absolute atomic E-state index is 0.0542. The van der Waals surface area contributed by atoms with Gasteiger partial charge in [0, 0.05) is 17.2 Å². The van der Waals surface area contributed by atoms with E-state index in [4.69, 9.17) is 9.47 Å². The van der Waals surface area contributed by atoms with Crippen molar-refractivity contribution in [3.05, 3.63) is 75.0 Å². The molecule has 0 aliphatic carbocycles. The van der Waals surface area contributed by atoms with Gasteiger partial charge in [-0.2, -0.15) is 0 Å². The maximum absolute atomic E-state index is 12.1. The summed E-state index contributed by atoms with van der Waals surface area (Å²) in [6, 6.07) is 11.7. The van der Waals surface area contributed by atoms with Crippen molar-refractivity contribution in [1.82, 2.24) is 0 Å². The Morgan fingerprint density at radius 2 is 2.00 bits per heavy atom. The number of aliphatic imine (C=N–C) groups is 1. The normalized spacial score (nSPS) is 15.0. The van der Waals surface area contributed by atoms with Gasteiger partial charge in [-0.25, -0.2) is 9.79 Å². The van der Waals surface area contributed by atoms with Crippen molar-refractivity contribution in [1.29, 1.82) is 0 Å². The third-order valence-corrected chi connectivity index (χ3v) is 3.75. The maximum Gasteiger partial charge on any atom is 0.363 e. The van der Waals surface area contributed by atoms with Gasteiger partial charge in [-0.3, -0.25) is 10.1 Å². The molecule has 1 heterocycles. The Bertz CT molecular complexity index is 931. The molecule has 0 atom stereocenters. The summed E-state index contributed by atoms with van der Waals surface area (Å²) in [6.07, 6.45) is 1.57. The molecule has 0 saturated heterocycles. The number of nitro benzene ring substituents is 1. The van der Waals surface area contributed by atoms with E-state index in [0.717, 1.165) is 5.56 Å². The zero-order valence-corrected chi connectivity index (χ0v) is 13.6. The van der Waals surface area contributed by atoms with E-state index in [-0.39, 0.29) is 17.3 Å². The van der Waals surface area contributed by atoms with Crippen molar-refractivity contribution in [2.24, 2.45) is 4.99 Å². The van der Waals surface area contributed by atoms with Crippen LogP contribution in [0.4, 0.5) is 5.69 Å². The summed E-state index contributed by atoms with van der Waals surface area (Å²) in [4.78, 5) is 26.8. The fraction of sp³-hybridized carbons (Fsp3) is 0.111. The van der Waals surface area contributed by atoms with Crippen LogP contribution in [0.5, 0.6) is 5.75 Å². The minimum atomic E-state index is -0.608. The molecule has 0 spiro atoms. The highest BCUT2D eigenvalue weighted by atomic mass is 16.6. The molecule has 0 radical (unpaired) electrons. The van der Waals surface area contributed by atoms with Crippen LogP contribution in [0.15, 0.2) is 53.2 Å². The average Bonchev–Trinajstić information content (AvgIpc) is 2.95. The predicted molar refractivity (Wildman–Crippen MR) is 91.4 cm³/mol. The van der Waals surface area contributed by atoms with E-state index in [0.29, 0.717) is 16.9 Å². The minimum Gasteiger partial charge on any atom is -0.497 e. The number of rotatable bonds is 4. The van der Waals surface area contributed by atoms with Crippen LogP contribution in [0.2, 0.25) is 0 Å². The highest BCUT2D eigenvalue weighted by Gasteiger charge is 2.27. The number of methoxy groups -OCH3 is 1. The van der Waals surface area contributed by atoms with E-state index in [2.05, 4.69) is 4.99 Å². The first-order valence-electron chi connectivity index (χ1n) is 7.40. The van der Waals surface area contributed by atoms with Crippen molar-refractivity contribution >= 4 is 23.6 Å². The van der Waals surface area contributed by atoms with Gasteiger partial charge in [-0.1, -0.05) is 18.2 Å². The summed E-state index contributed by atoms with van der Waals surface area (Å²) in [5.41, 5.74) is 1.60. The molecular weight excluding hydrogens is 324 g/mol. The monoisotopic (exact) mass is 338 g/mol. The number of carbonyl (C=O) groups is 1. The summed E-state index contributed by atoms with van der Waals surface area (Å²) in [5, 5.41) is 11.1. The van der Waals surface area contributed by atoms with E-state index in [1.54, 1.807) is 50.4 Å². The van der Waals surface area contributed by atoms with Crippen LogP contribution in [0.3, 0.4) is 0 Å². The Morgan fingerprint density at radius 1 is 1.24 bits per heavy atom. The maximum atomic E-state index is 12.1. The van der Waals surface area contributed by atoms with Gasteiger partial charge in [0.25, 0.3) is 5.69 Å². The molecule has 1 aliphatic rings. The zero-order chi connectivity index (χ0) is 18.0. The summed E-state index contributed by atoms with van der Waals surface area (Å²) < 4.78 is 10.3. The van der Waals surface area contributed by atoms with Crippen LogP contribution in [-0.4, -0.2) is 23.9 Å². The summed E-state index contributed by atoms with van der Waals surface area (Å²) in [5.74, 6) is 0.100. The molecule has 0 N–H and O–H groups in total. The number of hydrogen-bond donors (Lipinski definition) is 0. The zero-order valence-electron chi connectivity index (χ0n) is 13.6. The van der Waals surface area contributed by atoms with Gasteiger partial charge >= 0.3 is 5.97 Å². The first-order valence-corrected chi connectivity index (χ1v) is 7.40. The van der Waals surface area contributed by atoms with Gasteiger partial charge in [-0.05, 0) is 36.8 Å². The van der Waals surface area contributed by atoms with E-state index in [9.17, 15) is 14.9 Å². The number of hydrogen-bond acceptors (Lipinski definition) is 6. The van der Waals surface area contributed by atoms with Gasteiger partial charge in [0.1, 0.15) is 5.75 Å². The fourth-order valence-corrected chi connectivity index (χ4v) is 2.47. The molecule has 0 saturated carbocycles. The highest BCUT2D eigenvalue weighted by molar-refractivity contribution is 6.13. The molecule has 3 rings (SSSR count). The van der Waals surface area contributed by atoms with Gasteiger partial charge in [0.15, 0.2) is 5.70 Å². The number of cyclic esters (lactones) is 1. The second kappa shape index (κ2) is 6.56. The molecule has 2 aromatic carbocycles. The Kier molecular flexibility index (Phi) is 4.30. The van der Waals surface area contributed by atoms with Crippen molar-refractivity contribution in [3.8, 4) is 5.75 Å². The number of nitrogens with zero attached hydrogens (tertiary/aromatic N) is 2. The first kappa shape index (κ1) is 16.4. The molecule has 0 fully saturated rings. The molecule has 0 amide bonds. The van der Waals surface area contributed by atoms with Crippen LogP contribution in [-0.2, 0) is 9.53 Å². The molecule has 2 aromatic rings. The van der Waals surface area contributed by atoms with Crippen LogP contribution in [0.1, 0.15) is 16.7 Å². The SMILES string of the molecule is COc1cccc(/C=C2/N=C(c3cccc([N+](=O)[O-])c3C)OC2=O)c1. The molecule has 1 aliphatic heterocycles. The van der Waals surface area contributed by atoms with Gasteiger partial charge in [0.2, 0.25) is 5.90 Å². The standard InChI is InChI=1S/C18H14N2O5/c1-11-14(7-4-8-16(11)20(22)23)17-19-15(18(21)25-17)10-12-5-3-6-13(9-12)24-2/h3-10H,1-2H3/b15-10+. The van der Waals surface area contributed by atoms with Crippen LogP contribution in [0.25, 0.3) is 6.08 Å². The number of carbonyl (C=O) groups excluding carboxylic acids is 1. The lowest BCUT2D eigenvalue weighted by atomic mass is 10.1. The van der Waals surface area contributed by atoms with Gasteiger partial charge < -0.3 is 9.47 Å². The average molecular weight is 338 g/mol. The lowest BCUT2D eigenvalue weighted by molar-refractivity contribution is -0.385. The quantitative estimate of drug-likeness (QED) is 0.369. The summed E-state index contributed by atoms with van der Waals surface area (Å²) >= 11 is 0. The predicted octanol–water partition coefficient (Wildman–Crippen LogP) is 3.26. The lowest BCUT2D eigenvalue weighted by Gasteiger charge is -2.04. The van der Waals surface area contributed by atoms with Crippen molar-refractivity contribution in [3.63, 3.8) is 0 Å². The van der Waals surface area contributed by atoms with E-state index in [1.165, 1.54) is 12.1 Å². The third kappa shape index (κ3) is 3.25. The number of benzene rings is 2. The van der Waals surface area contributed by atoms with E-state index >= 15 is 0 Å². The summed E-state index contributed by atoms with van der Waals surface area (Å²) in [7, 11) is 1.55. The molecular formula is C18H14N2O5. The molecule has 7 heteroatoms. The van der Waals surface area contributed by atoms with Crippen LogP contribution in [0, 0.1) is 17.0 Å². The van der Waals surface area contributed by atoms with Crippen molar-refractivity contribution < 1.29 is 19.2 Å². The van der Waals surface area contributed by atoms with Crippen LogP contribution < -0.4 is 4.74 Å². The molecule has 0 bridgehead atoms. The Balaban J connectivity index is 1.99. The molecule has 7 nitrogen and oxygen atoms in total. The first-order chi connectivity index (χ1) is 12.0. The fourth-order valence-electron chi connectivity index (χ4n) is 2.47. The summed E-state index contributed by atoms with van der Waals surface area (Å²) in [6.45, 7) is 1.59. The second-order valence-corrected chi connectivity index (χ2v) is 5.32. The molecule has 25 heavy (non-hydrogen) atoms. The largest absolute Gasteiger partial charge is 0.497 e. The Hall–Kier alpha value is -3.48. The highest BCUT2D eigenvalue weighted by Crippen LogP contribution is 2.26. The van der Waals surface area contributed by atoms with Crippen LogP contribution >= 0.6 is 0 Å². The number of esters is 1. The lowest BCUT2D eigenvalue weighted by Crippen LogP contribution is -2.08. The smallest absolute Gasteiger partial charge is 0.363 e. The van der Waals surface area contributed by atoms with Crippen molar-refractivity contribution in [2.45, 2.75) is 6.92 Å². The number of nitro groups is 1. The molecule has 0 unspecified atom stereocenters. The van der Waals surface area contributed by atoms with Crippen molar-refractivity contribution in [2.75, 3.05) is 7.11 Å². The van der Waals surface area contributed by atoms with Gasteiger partial charge in [-0.15, -0.1) is 0 Å². The van der Waals surface area contributed by atoms with Gasteiger partial charge in [0.05, 0.1) is 12.0 Å². The molecule has 126 valence electrons. The van der Waals surface area contributed by atoms with E-state index < -0.39 is 10.9 Å². The van der Waals surface area contributed by atoms with E-state index in [1.807, 2.05) is 0 Å². The molecule has 0 aromatic heterocycles. The topological polar surface area (TPSA) is 91.0 Å². The third-order valence-electron chi connectivity index (χ3n) is 3.75. The number of ether oxygens (including phenoxy) is 2.